The lowest BCUT2D eigenvalue weighted by Gasteiger charge is -2.26. The number of benzene rings is 1. The van der Waals surface area contributed by atoms with Crippen LogP contribution >= 0.6 is 0 Å². The first-order valence-corrected chi connectivity index (χ1v) is 7.35. The topological polar surface area (TPSA) is 71.3 Å². The zero-order valence-electron chi connectivity index (χ0n) is 12.3. The van der Waals surface area contributed by atoms with Crippen LogP contribution in [0.2, 0.25) is 0 Å². The van der Waals surface area contributed by atoms with Gasteiger partial charge < -0.3 is 15.1 Å². The molecule has 0 fully saturated rings. The molecule has 22 heavy (non-hydrogen) atoms. The van der Waals surface area contributed by atoms with E-state index in [4.69, 9.17) is 4.42 Å². The van der Waals surface area contributed by atoms with Gasteiger partial charge in [0, 0.05) is 24.6 Å². The van der Waals surface area contributed by atoms with Gasteiger partial charge in [-0.2, -0.15) is 0 Å². The fourth-order valence-electron chi connectivity index (χ4n) is 2.77. The molecule has 114 valence electrons. The van der Waals surface area contributed by atoms with Gasteiger partial charge in [-0.15, -0.1) is 0 Å². The molecule has 0 saturated carbocycles. The summed E-state index contributed by atoms with van der Waals surface area (Å²) < 4.78 is 5.29. The summed E-state index contributed by atoms with van der Waals surface area (Å²) in [5, 5.41) is 5.77. The van der Waals surface area contributed by atoms with E-state index >= 15 is 0 Å². The third-order valence-electron chi connectivity index (χ3n) is 3.79. The highest BCUT2D eigenvalue weighted by molar-refractivity contribution is 6.01. The molecule has 0 saturated heterocycles. The largest absolute Gasteiger partial charge is 0.469 e. The third-order valence-corrected chi connectivity index (χ3v) is 3.79. The monoisotopic (exact) mass is 298 g/mol. The number of amides is 2. The Balaban J connectivity index is 1.71. The van der Waals surface area contributed by atoms with E-state index < -0.39 is 5.92 Å². The van der Waals surface area contributed by atoms with Crippen LogP contribution in [-0.2, 0) is 16.0 Å². The Kier molecular flexibility index (Phi) is 3.96. The fraction of sp³-hybridized carbons (Fsp3) is 0.294. The van der Waals surface area contributed by atoms with Crippen LogP contribution in [0.3, 0.4) is 0 Å². The molecule has 1 aromatic heterocycles. The number of furan rings is 1. The van der Waals surface area contributed by atoms with Crippen molar-refractivity contribution in [2.24, 2.45) is 0 Å². The van der Waals surface area contributed by atoms with Crippen LogP contribution < -0.4 is 10.6 Å². The molecular weight excluding hydrogens is 280 g/mol. The van der Waals surface area contributed by atoms with E-state index in [1.807, 2.05) is 43.3 Å². The van der Waals surface area contributed by atoms with Crippen molar-refractivity contribution in [3.05, 3.63) is 54.0 Å². The van der Waals surface area contributed by atoms with Crippen molar-refractivity contribution in [1.29, 1.82) is 0 Å². The number of fused-ring (bicyclic) bond motifs is 1. The van der Waals surface area contributed by atoms with E-state index in [0.717, 1.165) is 17.0 Å². The Bertz CT molecular complexity index is 679. The van der Waals surface area contributed by atoms with Gasteiger partial charge >= 0.3 is 0 Å². The second-order valence-corrected chi connectivity index (χ2v) is 5.59. The quantitative estimate of drug-likeness (QED) is 0.910. The lowest BCUT2D eigenvalue weighted by molar-refractivity contribution is -0.126. The van der Waals surface area contributed by atoms with Crippen molar-refractivity contribution in [2.75, 3.05) is 5.32 Å². The van der Waals surface area contributed by atoms with Crippen molar-refractivity contribution in [1.82, 2.24) is 5.32 Å². The molecule has 2 N–H and O–H groups in total. The normalized spacial score (nSPS) is 18.2. The lowest BCUT2D eigenvalue weighted by Crippen LogP contribution is -2.40. The summed E-state index contributed by atoms with van der Waals surface area (Å²) in [5.41, 5.74) is 1.59. The molecule has 2 atom stereocenters. The van der Waals surface area contributed by atoms with Crippen LogP contribution in [0, 0.1) is 0 Å². The van der Waals surface area contributed by atoms with Crippen LogP contribution in [-0.4, -0.2) is 17.9 Å². The summed E-state index contributed by atoms with van der Waals surface area (Å²) in [4.78, 5) is 24.3. The molecule has 5 nitrogen and oxygen atoms in total. The zero-order valence-corrected chi connectivity index (χ0v) is 12.3. The summed E-state index contributed by atoms with van der Waals surface area (Å²) in [6.45, 7) is 1.93. The maximum atomic E-state index is 12.5. The number of hydrogen-bond acceptors (Lipinski definition) is 3. The molecule has 0 unspecified atom stereocenters. The molecule has 1 aliphatic rings. The van der Waals surface area contributed by atoms with Crippen molar-refractivity contribution < 1.29 is 14.0 Å². The highest BCUT2D eigenvalue weighted by atomic mass is 16.3. The number of carbonyl (C=O) groups excluding carboxylic acids is 2. The summed E-state index contributed by atoms with van der Waals surface area (Å²) in [6.07, 6.45) is 2.42. The minimum atomic E-state index is -0.441. The standard InChI is InChI=1S/C17H18N2O3/c1-11(9-12-5-4-8-22-12)18-17(21)14-10-16(20)19-15-7-3-2-6-13(14)15/h2-8,11,14H,9-10H2,1H3,(H,18,21)(H,19,20)/t11-,14-/m1/s1. The molecule has 0 spiro atoms. The second kappa shape index (κ2) is 6.05. The van der Waals surface area contributed by atoms with Gasteiger partial charge in [0.05, 0.1) is 12.2 Å². The Hall–Kier alpha value is -2.56. The molecule has 2 heterocycles. The van der Waals surface area contributed by atoms with Gasteiger partial charge in [-0.05, 0) is 30.7 Å². The predicted molar refractivity (Wildman–Crippen MR) is 82.4 cm³/mol. The molecule has 2 aromatic rings. The summed E-state index contributed by atoms with van der Waals surface area (Å²) >= 11 is 0. The molecule has 2 amide bonds. The Morgan fingerprint density at radius 1 is 1.36 bits per heavy atom. The van der Waals surface area contributed by atoms with Gasteiger partial charge in [-0.1, -0.05) is 18.2 Å². The van der Waals surface area contributed by atoms with Crippen LogP contribution in [0.15, 0.2) is 47.1 Å². The summed E-state index contributed by atoms with van der Waals surface area (Å²) in [7, 11) is 0. The van der Waals surface area contributed by atoms with Crippen LogP contribution in [0.5, 0.6) is 0 Å². The van der Waals surface area contributed by atoms with E-state index in [1.165, 1.54) is 0 Å². The maximum Gasteiger partial charge on any atom is 0.228 e. The lowest BCUT2D eigenvalue weighted by atomic mass is 9.89. The van der Waals surface area contributed by atoms with Crippen LogP contribution in [0.25, 0.3) is 0 Å². The van der Waals surface area contributed by atoms with E-state index in [9.17, 15) is 9.59 Å². The average molecular weight is 298 g/mol. The Labute approximate surface area is 128 Å². The van der Waals surface area contributed by atoms with Gasteiger partial charge in [0.2, 0.25) is 11.8 Å². The molecule has 3 rings (SSSR count). The smallest absolute Gasteiger partial charge is 0.228 e. The van der Waals surface area contributed by atoms with Crippen molar-refractivity contribution >= 4 is 17.5 Å². The van der Waals surface area contributed by atoms with Crippen molar-refractivity contribution in [3.63, 3.8) is 0 Å². The number of rotatable bonds is 4. The van der Waals surface area contributed by atoms with E-state index in [-0.39, 0.29) is 24.3 Å². The Morgan fingerprint density at radius 2 is 2.18 bits per heavy atom. The minimum absolute atomic E-state index is 0.0594. The van der Waals surface area contributed by atoms with Gasteiger partial charge in [0.1, 0.15) is 5.76 Å². The molecule has 0 aliphatic carbocycles. The number of hydrogen-bond donors (Lipinski definition) is 2. The number of para-hydroxylation sites is 1. The maximum absolute atomic E-state index is 12.5. The molecule has 1 aliphatic heterocycles. The SMILES string of the molecule is C[C@H](Cc1ccco1)NC(=O)[C@@H]1CC(=O)Nc2ccccc21. The minimum Gasteiger partial charge on any atom is -0.469 e. The third kappa shape index (κ3) is 3.03. The highest BCUT2D eigenvalue weighted by Crippen LogP contribution is 2.32. The molecular formula is C17H18N2O3. The molecule has 0 radical (unpaired) electrons. The molecule has 5 heteroatoms. The predicted octanol–water partition coefficient (Wildman–Crippen LogP) is 2.45. The van der Waals surface area contributed by atoms with Crippen molar-refractivity contribution in [3.8, 4) is 0 Å². The van der Waals surface area contributed by atoms with Crippen LogP contribution in [0.4, 0.5) is 5.69 Å². The highest BCUT2D eigenvalue weighted by Gasteiger charge is 2.30. The van der Waals surface area contributed by atoms with E-state index in [0.29, 0.717) is 6.42 Å². The first-order chi connectivity index (χ1) is 10.6. The van der Waals surface area contributed by atoms with Gasteiger partial charge in [0.15, 0.2) is 0 Å². The average Bonchev–Trinajstić information content (AvgIpc) is 2.98. The number of carbonyl (C=O) groups is 2. The van der Waals surface area contributed by atoms with Gasteiger partial charge in [-0.3, -0.25) is 9.59 Å². The Morgan fingerprint density at radius 3 is 2.95 bits per heavy atom. The number of anilines is 1. The van der Waals surface area contributed by atoms with Crippen LogP contribution in [0.1, 0.15) is 30.6 Å². The first-order valence-electron chi connectivity index (χ1n) is 7.35. The fourth-order valence-corrected chi connectivity index (χ4v) is 2.77. The van der Waals surface area contributed by atoms with Crippen molar-refractivity contribution in [2.45, 2.75) is 31.7 Å². The van der Waals surface area contributed by atoms with E-state index in [1.54, 1.807) is 6.26 Å². The zero-order chi connectivity index (χ0) is 15.5. The van der Waals surface area contributed by atoms with Gasteiger partial charge in [-0.25, -0.2) is 0 Å². The molecule has 1 aromatic carbocycles. The summed E-state index contributed by atoms with van der Waals surface area (Å²) in [6, 6.07) is 11.1. The number of nitrogens with one attached hydrogen (secondary N) is 2. The van der Waals surface area contributed by atoms with Gasteiger partial charge in [0.25, 0.3) is 0 Å². The van der Waals surface area contributed by atoms with E-state index in [2.05, 4.69) is 10.6 Å². The summed E-state index contributed by atoms with van der Waals surface area (Å²) in [5.74, 6) is 0.137. The first kappa shape index (κ1) is 14.4. The second-order valence-electron chi connectivity index (χ2n) is 5.59. The molecule has 0 bridgehead atoms.